The first-order valence-corrected chi connectivity index (χ1v) is 7.27. The van der Waals surface area contributed by atoms with Gasteiger partial charge in [0.25, 0.3) is 0 Å². The molecule has 0 spiro atoms. The molecule has 0 amide bonds. The van der Waals surface area contributed by atoms with E-state index in [0.717, 1.165) is 22.5 Å². The van der Waals surface area contributed by atoms with Crippen molar-refractivity contribution in [1.29, 1.82) is 0 Å². The molecule has 0 aliphatic rings. The van der Waals surface area contributed by atoms with E-state index in [-0.39, 0.29) is 0 Å². The smallest absolute Gasteiger partial charge is 0.208 e. The topological polar surface area (TPSA) is 38.1 Å². The van der Waals surface area contributed by atoms with Crippen LogP contribution in [-0.4, -0.2) is 4.98 Å². The van der Waals surface area contributed by atoms with Crippen LogP contribution in [0.3, 0.4) is 0 Å². The molecule has 1 unspecified atom stereocenters. The second kappa shape index (κ2) is 5.80. The highest BCUT2D eigenvalue weighted by Gasteiger charge is 2.09. The molecule has 1 N–H and O–H groups in total. The fraction of sp³-hybridized carbons (Fsp3) is 0.417. The fourth-order valence-corrected chi connectivity index (χ4v) is 2.97. The lowest BCUT2D eigenvalue weighted by molar-refractivity contribution is 0.425. The van der Waals surface area contributed by atoms with Crippen molar-refractivity contribution in [3.63, 3.8) is 0 Å². The van der Waals surface area contributed by atoms with Crippen molar-refractivity contribution in [3.8, 4) is 0 Å². The zero-order valence-electron chi connectivity index (χ0n) is 9.87. The number of hydrogen-bond donors (Lipinski definition) is 1. The third-order valence-electron chi connectivity index (χ3n) is 2.52. The van der Waals surface area contributed by atoms with E-state index in [0.29, 0.717) is 12.6 Å². The molecular formula is C12H15BrN2OS. The summed E-state index contributed by atoms with van der Waals surface area (Å²) >= 11 is 5.20. The molecule has 2 rings (SSSR count). The van der Waals surface area contributed by atoms with Gasteiger partial charge in [-0.15, -0.1) is 11.3 Å². The Morgan fingerprint density at radius 2 is 2.41 bits per heavy atom. The van der Waals surface area contributed by atoms with Gasteiger partial charge in [-0.1, -0.05) is 6.92 Å². The second-order valence-corrected chi connectivity index (χ2v) is 5.70. The molecule has 0 aliphatic carbocycles. The molecule has 0 fully saturated rings. The molecule has 2 aromatic rings. The number of aryl methyl sites for hydroxylation is 1. The van der Waals surface area contributed by atoms with Gasteiger partial charge in [0, 0.05) is 27.2 Å². The van der Waals surface area contributed by atoms with Crippen molar-refractivity contribution in [2.75, 3.05) is 0 Å². The summed E-state index contributed by atoms with van der Waals surface area (Å²) < 4.78 is 6.68. The number of thiophene rings is 1. The summed E-state index contributed by atoms with van der Waals surface area (Å²) in [6.07, 6.45) is 2.68. The van der Waals surface area contributed by atoms with Crippen LogP contribution >= 0.6 is 27.3 Å². The molecular weight excluding hydrogens is 300 g/mol. The summed E-state index contributed by atoms with van der Waals surface area (Å²) in [6.45, 7) is 4.86. The Balaban J connectivity index is 1.89. The summed E-state index contributed by atoms with van der Waals surface area (Å²) in [4.78, 5) is 5.53. The molecule has 0 bridgehead atoms. The maximum Gasteiger partial charge on any atom is 0.208 e. The van der Waals surface area contributed by atoms with E-state index in [1.165, 1.54) is 4.88 Å². The predicted octanol–water partition coefficient (Wildman–Crippen LogP) is 3.91. The van der Waals surface area contributed by atoms with Crippen LogP contribution in [0.4, 0.5) is 0 Å². The molecule has 0 saturated carbocycles. The number of rotatable bonds is 5. The minimum absolute atomic E-state index is 0.309. The Bertz CT molecular complexity index is 480. The lowest BCUT2D eigenvalue weighted by atomic mass is 10.3. The number of hydrogen-bond acceptors (Lipinski definition) is 4. The maximum atomic E-state index is 5.54. The van der Waals surface area contributed by atoms with Crippen molar-refractivity contribution < 1.29 is 4.42 Å². The van der Waals surface area contributed by atoms with Crippen molar-refractivity contribution in [1.82, 2.24) is 10.3 Å². The van der Waals surface area contributed by atoms with E-state index in [4.69, 9.17) is 4.42 Å². The molecule has 5 heteroatoms. The van der Waals surface area contributed by atoms with Gasteiger partial charge in [0.2, 0.25) is 5.89 Å². The molecule has 0 radical (unpaired) electrons. The highest BCUT2D eigenvalue weighted by Crippen LogP contribution is 2.25. The molecule has 2 heterocycles. The first-order valence-electron chi connectivity index (χ1n) is 5.60. The quantitative estimate of drug-likeness (QED) is 0.909. The summed E-state index contributed by atoms with van der Waals surface area (Å²) in [5.74, 6) is 1.69. The Kier molecular flexibility index (Phi) is 4.36. The predicted molar refractivity (Wildman–Crippen MR) is 73.2 cm³/mol. The molecule has 0 saturated heterocycles. The Hall–Kier alpha value is -0.650. The van der Waals surface area contributed by atoms with Crippen LogP contribution in [0.15, 0.2) is 26.5 Å². The molecule has 0 aliphatic heterocycles. The van der Waals surface area contributed by atoms with Gasteiger partial charge < -0.3 is 9.73 Å². The Morgan fingerprint density at radius 1 is 1.59 bits per heavy atom. The van der Waals surface area contributed by atoms with Gasteiger partial charge in [0.05, 0.1) is 12.7 Å². The zero-order chi connectivity index (χ0) is 12.3. The molecule has 17 heavy (non-hydrogen) atoms. The van der Waals surface area contributed by atoms with E-state index in [2.05, 4.69) is 51.5 Å². The number of nitrogens with one attached hydrogen (secondary N) is 1. The zero-order valence-corrected chi connectivity index (χ0v) is 12.3. The number of aromatic nitrogens is 1. The van der Waals surface area contributed by atoms with Crippen molar-refractivity contribution in [2.45, 2.75) is 32.9 Å². The molecule has 2 aromatic heterocycles. The molecule has 0 aromatic carbocycles. The van der Waals surface area contributed by atoms with Gasteiger partial charge >= 0.3 is 0 Å². The first-order chi connectivity index (χ1) is 8.19. The standard InChI is InChI=1S/C12H15BrN2OS/c1-3-10-5-15-12(16-10)6-14-8(2)11-4-9(13)7-17-11/h4-5,7-8,14H,3,6H2,1-2H3. The normalized spacial score (nSPS) is 12.9. The van der Waals surface area contributed by atoms with Crippen LogP contribution in [0.5, 0.6) is 0 Å². The van der Waals surface area contributed by atoms with Crippen LogP contribution in [0.2, 0.25) is 0 Å². The fourth-order valence-electron chi connectivity index (χ4n) is 1.49. The lowest BCUT2D eigenvalue weighted by Gasteiger charge is -2.09. The van der Waals surface area contributed by atoms with Crippen LogP contribution in [-0.2, 0) is 13.0 Å². The van der Waals surface area contributed by atoms with Crippen LogP contribution < -0.4 is 5.32 Å². The second-order valence-electron chi connectivity index (χ2n) is 3.84. The molecule has 3 nitrogen and oxygen atoms in total. The minimum Gasteiger partial charge on any atom is -0.444 e. The van der Waals surface area contributed by atoms with Crippen molar-refractivity contribution >= 4 is 27.3 Å². The highest BCUT2D eigenvalue weighted by atomic mass is 79.9. The number of halogens is 1. The van der Waals surface area contributed by atoms with Gasteiger partial charge in [-0.25, -0.2) is 4.98 Å². The van der Waals surface area contributed by atoms with Crippen LogP contribution in [0.1, 0.15) is 36.4 Å². The highest BCUT2D eigenvalue weighted by molar-refractivity contribution is 9.10. The summed E-state index contributed by atoms with van der Waals surface area (Å²) in [5.41, 5.74) is 0. The summed E-state index contributed by atoms with van der Waals surface area (Å²) in [6, 6.07) is 2.44. The summed E-state index contributed by atoms with van der Waals surface area (Å²) in [7, 11) is 0. The van der Waals surface area contributed by atoms with Gasteiger partial charge in [0.15, 0.2) is 0 Å². The monoisotopic (exact) mass is 314 g/mol. The largest absolute Gasteiger partial charge is 0.444 e. The Morgan fingerprint density at radius 3 is 3.00 bits per heavy atom. The third kappa shape index (κ3) is 3.40. The van der Waals surface area contributed by atoms with Gasteiger partial charge in [-0.05, 0) is 28.9 Å². The van der Waals surface area contributed by atoms with Crippen molar-refractivity contribution in [3.05, 3.63) is 38.6 Å². The Labute approximate surface area is 113 Å². The number of oxazole rings is 1. The van der Waals surface area contributed by atoms with E-state index in [1.54, 1.807) is 17.5 Å². The SMILES string of the molecule is CCc1cnc(CNC(C)c2cc(Br)cs2)o1. The van der Waals surface area contributed by atoms with E-state index in [1.807, 2.05) is 0 Å². The number of nitrogens with zero attached hydrogens (tertiary/aromatic N) is 1. The molecule has 1 atom stereocenters. The van der Waals surface area contributed by atoms with Crippen molar-refractivity contribution in [2.24, 2.45) is 0 Å². The van der Waals surface area contributed by atoms with Gasteiger partial charge in [-0.2, -0.15) is 0 Å². The maximum absolute atomic E-state index is 5.54. The van der Waals surface area contributed by atoms with E-state index >= 15 is 0 Å². The average molecular weight is 315 g/mol. The lowest BCUT2D eigenvalue weighted by Crippen LogP contribution is -2.17. The minimum atomic E-state index is 0.309. The first kappa shape index (κ1) is 12.8. The van der Waals surface area contributed by atoms with Gasteiger partial charge in [0.1, 0.15) is 5.76 Å². The van der Waals surface area contributed by atoms with Crippen LogP contribution in [0.25, 0.3) is 0 Å². The van der Waals surface area contributed by atoms with E-state index < -0.39 is 0 Å². The average Bonchev–Trinajstić information content (AvgIpc) is 2.94. The summed E-state index contributed by atoms with van der Waals surface area (Å²) in [5, 5.41) is 5.49. The third-order valence-corrected chi connectivity index (χ3v) is 4.40. The molecule has 92 valence electrons. The van der Waals surface area contributed by atoms with Crippen LogP contribution in [0, 0.1) is 0 Å². The van der Waals surface area contributed by atoms with Gasteiger partial charge in [-0.3, -0.25) is 0 Å². The van der Waals surface area contributed by atoms with E-state index in [9.17, 15) is 0 Å².